The number of aliphatic carboxylic acids is 1. The lowest BCUT2D eigenvalue weighted by Crippen LogP contribution is -2.19. The fourth-order valence-corrected chi connectivity index (χ4v) is 2.81. The fourth-order valence-electron chi connectivity index (χ4n) is 2.26. The van der Waals surface area contributed by atoms with Gasteiger partial charge in [0.2, 0.25) is 0 Å². The number of carboxylic acids is 1. The SMILES string of the molecule is O=C(O)C1(c2cc(Br)c3c(c2)OCCCO3)CC1. The highest BCUT2D eigenvalue weighted by Crippen LogP contribution is 2.51. The third kappa shape index (κ3) is 1.77. The number of ether oxygens (including phenoxy) is 2. The molecular weight excluding hydrogens is 300 g/mol. The highest BCUT2D eigenvalue weighted by molar-refractivity contribution is 9.10. The summed E-state index contributed by atoms with van der Waals surface area (Å²) in [4.78, 5) is 11.3. The largest absolute Gasteiger partial charge is 0.490 e. The predicted octanol–water partition coefficient (Wildman–Crippen LogP) is 2.73. The molecule has 0 amide bonds. The summed E-state index contributed by atoms with van der Waals surface area (Å²) in [7, 11) is 0. The summed E-state index contributed by atoms with van der Waals surface area (Å²) in [5.41, 5.74) is 0.0823. The van der Waals surface area contributed by atoms with E-state index in [1.54, 1.807) is 0 Å². The summed E-state index contributed by atoms with van der Waals surface area (Å²) in [6.45, 7) is 1.22. The van der Waals surface area contributed by atoms with Crippen molar-refractivity contribution in [2.75, 3.05) is 13.2 Å². The summed E-state index contributed by atoms with van der Waals surface area (Å²) in [6, 6.07) is 3.65. The van der Waals surface area contributed by atoms with E-state index in [1.165, 1.54) is 0 Å². The van der Waals surface area contributed by atoms with E-state index in [1.807, 2.05) is 12.1 Å². The van der Waals surface area contributed by atoms with Gasteiger partial charge >= 0.3 is 5.97 Å². The van der Waals surface area contributed by atoms with Crippen LogP contribution in [0.3, 0.4) is 0 Å². The average molecular weight is 313 g/mol. The number of hydrogen-bond donors (Lipinski definition) is 1. The van der Waals surface area contributed by atoms with Crippen LogP contribution in [0, 0.1) is 0 Å². The minimum absolute atomic E-state index is 0.600. The molecule has 0 atom stereocenters. The molecular formula is C13H13BrO4. The first-order chi connectivity index (χ1) is 8.63. The van der Waals surface area contributed by atoms with Crippen molar-refractivity contribution in [3.63, 3.8) is 0 Å². The van der Waals surface area contributed by atoms with E-state index in [0.717, 1.165) is 16.5 Å². The average Bonchev–Trinajstić information content (AvgIpc) is 3.13. The minimum Gasteiger partial charge on any atom is -0.490 e. The lowest BCUT2D eigenvalue weighted by Gasteiger charge is -2.15. The Kier molecular flexibility index (Phi) is 2.73. The summed E-state index contributed by atoms with van der Waals surface area (Å²) in [6.07, 6.45) is 2.21. The molecule has 96 valence electrons. The zero-order valence-electron chi connectivity index (χ0n) is 9.74. The molecule has 1 heterocycles. The molecule has 0 saturated heterocycles. The van der Waals surface area contributed by atoms with Gasteiger partial charge in [0.1, 0.15) is 0 Å². The van der Waals surface area contributed by atoms with Crippen LogP contribution in [0.15, 0.2) is 16.6 Å². The van der Waals surface area contributed by atoms with E-state index in [0.29, 0.717) is 37.6 Å². The van der Waals surface area contributed by atoms with Crippen LogP contribution in [0.5, 0.6) is 11.5 Å². The van der Waals surface area contributed by atoms with Crippen LogP contribution >= 0.6 is 15.9 Å². The number of rotatable bonds is 2. The van der Waals surface area contributed by atoms with Gasteiger partial charge in [-0.25, -0.2) is 0 Å². The van der Waals surface area contributed by atoms with Crippen molar-refractivity contribution in [2.45, 2.75) is 24.7 Å². The standard InChI is InChI=1S/C13H13BrO4/c14-9-6-8(13(2-3-13)12(15)16)7-10-11(9)18-5-1-4-17-10/h6-7H,1-5H2,(H,15,16). The van der Waals surface area contributed by atoms with E-state index in [2.05, 4.69) is 15.9 Å². The number of halogens is 1. The van der Waals surface area contributed by atoms with Crippen LogP contribution in [0.4, 0.5) is 0 Å². The Hall–Kier alpha value is -1.23. The van der Waals surface area contributed by atoms with Crippen molar-refractivity contribution in [1.29, 1.82) is 0 Å². The number of carbonyl (C=O) groups is 1. The van der Waals surface area contributed by atoms with Crippen molar-refractivity contribution >= 4 is 21.9 Å². The van der Waals surface area contributed by atoms with Crippen LogP contribution in [-0.2, 0) is 10.2 Å². The van der Waals surface area contributed by atoms with Gasteiger partial charge in [0.25, 0.3) is 0 Å². The van der Waals surface area contributed by atoms with Crippen molar-refractivity contribution in [3.8, 4) is 11.5 Å². The number of benzene rings is 1. The van der Waals surface area contributed by atoms with Crippen LogP contribution in [-0.4, -0.2) is 24.3 Å². The maximum Gasteiger partial charge on any atom is 0.314 e. The van der Waals surface area contributed by atoms with Gasteiger partial charge < -0.3 is 14.6 Å². The molecule has 1 fully saturated rings. The first-order valence-corrected chi connectivity index (χ1v) is 6.76. The quantitative estimate of drug-likeness (QED) is 0.912. The lowest BCUT2D eigenvalue weighted by molar-refractivity contribution is -0.140. The zero-order chi connectivity index (χ0) is 12.8. The molecule has 2 aliphatic rings. The summed E-state index contributed by atoms with van der Waals surface area (Å²) >= 11 is 3.44. The molecule has 1 saturated carbocycles. The summed E-state index contributed by atoms with van der Waals surface area (Å²) < 4.78 is 12.0. The van der Waals surface area contributed by atoms with Gasteiger partial charge in [-0.15, -0.1) is 0 Å². The first kappa shape index (κ1) is 11.8. The molecule has 1 aliphatic heterocycles. The summed E-state index contributed by atoms with van der Waals surface area (Å²) in [5.74, 6) is 0.561. The Morgan fingerprint density at radius 1 is 1.28 bits per heavy atom. The van der Waals surface area contributed by atoms with Crippen LogP contribution < -0.4 is 9.47 Å². The van der Waals surface area contributed by atoms with Gasteiger partial charge in [0, 0.05) is 6.42 Å². The molecule has 3 rings (SSSR count). The Bertz CT molecular complexity index is 508. The van der Waals surface area contributed by atoms with Gasteiger partial charge in [-0.1, -0.05) is 0 Å². The molecule has 1 aliphatic carbocycles. The highest BCUT2D eigenvalue weighted by Gasteiger charge is 2.52. The number of fused-ring (bicyclic) bond motifs is 1. The van der Waals surface area contributed by atoms with Crippen LogP contribution in [0.25, 0.3) is 0 Å². The summed E-state index contributed by atoms with van der Waals surface area (Å²) in [5, 5.41) is 9.32. The van der Waals surface area contributed by atoms with E-state index < -0.39 is 11.4 Å². The van der Waals surface area contributed by atoms with Gasteiger partial charge in [-0.05, 0) is 46.5 Å². The molecule has 0 spiro atoms. The molecule has 0 aromatic heterocycles. The molecule has 5 heteroatoms. The van der Waals surface area contributed by atoms with Crippen molar-refractivity contribution in [2.24, 2.45) is 0 Å². The third-order valence-electron chi connectivity index (χ3n) is 3.51. The second kappa shape index (κ2) is 4.16. The number of hydrogen-bond acceptors (Lipinski definition) is 3. The Balaban J connectivity index is 2.06. The maximum absolute atomic E-state index is 11.3. The topological polar surface area (TPSA) is 55.8 Å². The maximum atomic E-state index is 11.3. The smallest absolute Gasteiger partial charge is 0.314 e. The minimum atomic E-state index is -0.760. The normalized spacial score (nSPS) is 20.1. The Labute approximate surface area is 113 Å². The lowest BCUT2D eigenvalue weighted by atomic mass is 9.96. The van der Waals surface area contributed by atoms with Crippen molar-refractivity contribution in [3.05, 3.63) is 22.2 Å². The predicted molar refractivity (Wildman–Crippen MR) is 68.3 cm³/mol. The molecule has 4 nitrogen and oxygen atoms in total. The fraction of sp³-hybridized carbons (Fsp3) is 0.462. The first-order valence-electron chi connectivity index (χ1n) is 5.96. The van der Waals surface area contributed by atoms with Crippen LogP contribution in [0.2, 0.25) is 0 Å². The molecule has 0 unspecified atom stereocenters. The second-order valence-electron chi connectivity index (χ2n) is 4.72. The van der Waals surface area contributed by atoms with Gasteiger partial charge in [0.15, 0.2) is 11.5 Å². The molecule has 1 aromatic carbocycles. The molecule has 0 radical (unpaired) electrons. The molecule has 18 heavy (non-hydrogen) atoms. The highest BCUT2D eigenvalue weighted by atomic mass is 79.9. The van der Waals surface area contributed by atoms with Gasteiger partial charge in [0.05, 0.1) is 23.1 Å². The van der Waals surface area contributed by atoms with E-state index >= 15 is 0 Å². The van der Waals surface area contributed by atoms with Gasteiger partial charge in [-0.2, -0.15) is 0 Å². The second-order valence-corrected chi connectivity index (χ2v) is 5.58. The monoisotopic (exact) mass is 312 g/mol. The Morgan fingerprint density at radius 2 is 2.00 bits per heavy atom. The molecule has 1 N–H and O–H groups in total. The zero-order valence-corrected chi connectivity index (χ0v) is 11.3. The Morgan fingerprint density at radius 3 is 2.67 bits per heavy atom. The molecule has 1 aromatic rings. The third-order valence-corrected chi connectivity index (χ3v) is 4.10. The van der Waals surface area contributed by atoms with E-state index in [4.69, 9.17) is 9.47 Å². The van der Waals surface area contributed by atoms with Crippen molar-refractivity contribution in [1.82, 2.24) is 0 Å². The van der Waals surface area contributed by atoms with Gasteiger partial charge in [-0.3, -0.25) is 4.79 Å². The van der Waals surface area contributed by atoms with E-state index in [9.17, 15) is 9.90 Å². The van der Waals surface area contributed by atoms with Crippen LogP contribution in [0.1, 0.15) is 24.8 Å². The number of carboxylic acid groups (broad SMARTS) is 1. The van der Waals surface area contributed by atoms with Crippen molar-refractivity contribution < 1.29 is 19.4 Å². The molecule has 0 bridgehead atoms. The van der Waals surface area contributed by atoms with E-state index in [-0.39, 0.29) is 0 Å².